The first-order valence-electron chi connectivity index (χ1n) is 12.4. The van der Waals surface area contributed by atoms with Crippen LogP contribution in [0.4, 0.5) is 18.0 Å². The van der Waals surface area contributed by atoms with Crippen molar-refractivity contribution in [3.05, 3.63) is 98.4 Å². The number of allylic oxidation sites excluding steroid dienone is 1. The number of carbonyl (C=O) groups is 2. The molecular formula is C28H28ClF3N4O5. The second-order valence-electron chi connectivity index (χ2n) is 8.93. The SMILES string of the molecule is NC(=O)NCCNCc1ccc2c(c1)CCC(n1ccc(OCc3ccc(Cl)cc3)cc1=O)=C2.O=C(O)C(F)(F)F. The van der Waals surface area contributed by atoms with Crippen LogP contribution in [0.5, 0.6) is 5.75 Å². The Kier molecular flexibility index (Phi) is 11.0. The lowest BCUT2D eigenvalue weighted by Gasteiger charge is -2.19. The van der Waals surface area contributed by atoms with E-state index in [4.69, 9.17) is 32.0 Å². The number of halogens is 4. The second-order valence-corrected chi connectivity index (χ2v) is 9.36. The minimum absolute atomic E-state index is 0.117. The smallest absolute Gasteiger partial charge is 0.489 e. The zero-order chi connectivity index (χ0) is 30.0. The molecule has 1 aliphatic carbocycles. The van der Waals surface area contributed by atoms with Crippen molar-refractivity contribution in [2.75, 3.05) is 13.1 Å². The molecule has 0 saturated heterocycles. The molecule has 1 heterocycles. The van der Waals surface area contributed by atoms with Crippen molar-refractivity contribution >= 4 is 35.4 Å². The van der Waals surface area contributed by atoms with E-state index in [1.165, 1.54) is 17.2 Å². The van der Waals surface area contributed by atoms with Crippen molar-refractivity contribution in [2.45, 2.75) is 32.2 Å². The quantitative estimate of drug-likeness (QED) is 0.272. The average Bonchev–Trinajstić information content (AvgIpc) is 2.92. The average molecular weight is 593 g/mol. The van der Waals surface area contributed by atoms with Crippen molar-refractivity contribution in [3.63, 3.8) is 0 Å². The molecule has 218 valence electrons. The number of nitrogens with two attached hydrogens (primary N) is 1. The van der Waals surface area contributed by atoms with Crippen LogP contribution in [0, 0.1) is 0 Å². The number of rotatable bonds is 9. The van der Waals surface area contributed by atoms with E-state index in [-0.39, 0.29) is 5.56 Å². The summed E-state index contributed by atoms with van der Waals surface area (Å²) >= 11 is 5.91. The molecule has 0 spiro atoms. The number of aryl methyl sites for hydroxylation is 1. The number of primary amides is 1. The first-order chi connectivity index (χ1) is 19.4. The Balaban J connectivity index is 0.000000587. The minimum atomic E-state index is -5.08. The molecule has 0 bridgehead atoms. The first kappa shape index (κ1) is 31.2. The number of aromatic nitrogens is 1. The number of fused-ring (bicyclic) bond motifs is 1. The highest BCUT2D eigenvalue weighted by Crippen LogP contribution is 2.27. The zero-order valence-electron chi connectivity index (χ0n) is 21.7. The van der Waals surface area contributed by atoms with Gasteiger partial charge >= 0.3 is 18.2 Å². The molecule has 9 nitrogen and oxygen atoms in total. The number of carbonyl (C=O) groups excluding carboxylic acids is 1. The van der Waals surface area contributed by atoms with Crippen molar-refractivity contribution in [3.8, 4) is 5.75 Å². The number of pyridine rings is 1. The summed E-state index contributed by atoms with van der Waals surface area (Å²) in [6.45, 7) is 2.22. The maximum absolute atomic E-state index is 12.8. The van der Waals surface area contributed by atoms with Crippen LogP contribution < -0.4 is 26.7 Å². The molecule has 13 heteroatoms. The van der Waals surface area contributed by atoms with Crippen LogP contribution >= 0.6 is 11.6 Å². The predicted molar refractivity (Wildman–Crippen MR) is 148 cm³/mol. The Labute approximate surface area is 238 Å². The number of carboxylic acids is 1. The van der Waals surface area contributed by atoms with Crippen molar-refractivity contribution < 1.29 is 32.6 Å². The van der Waals surface area contributed by atoms with Gasteiger partial charge in [0, 0.05) is 42.6 Å². The van der Waals surface area contributed by atoms with Gasteiger partial charge in [-0.05, 0) is 59.4 Å². The lowest BCUT2D eigenvalue weighted by atomic mass is 9.93. The predicted octanol–water partition coefficient (Wildman–Crippen LogP) is 4.42. The first-order valence-corrected chi connectivity index (χ1v) is 12.8. The molecule has 2 aromatic carbocycles. The van der Waals surface area contributed by atoms with Crippen LogP contribution in [0.15, 0.2) is 65.6 Å². The Hall–Kier alpha value is -4.29. The van der Waals surface area contributed by atoms with Gasteiger partial charge in [0.25, 0.3) is 5.56 Å². The summed E-state index contributed by atoms with van der Waals surface area (Å²) in [5.74, 6) is -2.22. The number of benzene rings is 2. The standard InChI is InChI=1S/C26H27ClN4O3.C2HF3O2/c27-22-6-2-18(3-7-22)17-34-24-9-12-31(25(32)15-24)23-8-5-20-13-19(1-4-21(20)14-23)16-29-10-11-30-26(28)33;3-2(4,5)1(6)7/h1-4,6-7,9,12-15,29H,5,8,10-11,16-17H2,(H3,28,30,33);(H,6,7). The molecule has 0 aliphatic heterocycles. The number of carboxylic acid groups (broad SMARTS) is 1. The lowest BCUT2D eigenvalue weighted by molar-refractivity contribution is -0.192. The van der Waals surface area contributed by atoms with Gasteiger partial charge in [-0.3, -0.25) is 9.36 Å². The Bertz CT molecular complexity index is 1460. The number of nitrogens with zero attached hydrogens (tertiary/aromatic N) is 1. The summed E-state index contributed by atoms with van der Waals surface area (Å²) in [4.78, 5) is 32.4. The van der Waals surface area contributed by atoms with Gasteiger partial charge in [0.1, 0.15) is 12.4 Å². The second kappa shape index (κ2) is 14.4. The molecule has 1 aliphatic rings. The van der Waals surface area contributed by atoms with Gasteiger partial charge in [0.2, 0.25) is 0 Å². The van der Waals surface area contributed by atoms with Gasteiger partial charge in [-0.2, -0.15) is 13.2 Å². The number of hydrogen-bond acceptors (Lipinski definition) is 5. The molecule has 2 amide bonds. The van der Waals surface area contributed by atoms with Gasteiger partial charge in [-0.15, -0.1) is 0 Å². The summed E-state index contributed by atoms with van der Waals surface area (Å²) in [6, 6.07) is 16.6. The van der Waals surface area contributed by atoms with E-state index in [0.29, 0.717) is 37.0 Å². The van der Waals surface area contributed by atoms with E-state index in [1.54, 1.807) is 10.8 Å². The fraction of sp³-hybridized carbons (Fsp3) is 0.250. The molecule has 0 radical (unpaired) electrons. The molecule has 5 N–H and O–H groups in total. The molecule has 41 heavy (non-hydrogen) atoms. The molecular weight excluding hydrogens is 565 g/mol. The van der Waals surface area contributed by atoms with Crippen molar-refractivity contribution in [1.29, 1.82) is 0 Å². The number of nitrogens with one attached hydrogen (secondary N) is 2. The van der Waals surface area contributed by atoms with Crippen LogP contribution in [0.1, 0.15) is 28.7 Å². The molecule has 3 aromatic rings. The number of aliphatic carboxylic acids is 1. The third-order valence-corrected chi connectivity index (χ3v) is 6.12. The maximum atomic E-state index is 12.8. The maximum Gasteiger partial charge on any atom is 0.490 e. The summed E-state index contributed by atoms with van der Waals surface area (Å²) < 4.78 is 39.2. The lowest BCUT2D eigenvalue weighted by Crippen LogP contribution is -2.35. The van der Waals surface area contributed by atoms with E-state index >= 15 is 0 Å². The summed E-state index contributed by atoms with van der Waals surface area (Å²) in [5.41, 5.74) is 10.4. The fourth-order valence-corrected chi connectivity index (χ4v) is 4.00. The molecule has 0 fully saturated rings. The molecule has 0 unspecified atom stereocenters. The largest absolute Gasteiger partial charge is 0.490 e. The van der Waals surface area contributed by atoms with Crippen LogP contribution in [0.25, 0.3) is 11.8 Å². The van der Waals surface area contributed by atoms with Gasteiger partial charge in [-0.25, -0.2) is 9.59 Å². The van der Waals surface area contributed by atoms with E-state index in [1.807, 2.05) is 30.3 Å². The highest BCUT2D eigenvalue weighted by Gasteiger charge is 2.38. The van der Waals surface area contributed by atoms with Gasteiger partial charge in [0.05, 0.1) is 0 Å². The summed E-state index contributed by atoms with van der Waals surface area (Å²) in [7, 11) is 0. The van der Waals surface area contributed by atoms with E-state index in [0.717, 1.165) is 29.7 Å². The third kappa shape index (κ3) is 10.00. The Morgan fingerprint density at radius 2 is 1.71 bits per heavy atom. The highest BCUT2D eigenvalue weighted by atomic mass is 35.5. The monoisotopic (exact) mass is 592 g/mol. The van der Waals surface area contributed by atoms with Gasteiger partial charge in [-0.1, -0.05) is 41.9 Å². The number of alkyl halides is 3. The fourth-order valence-electron chi connectivity index (χ4n) is 3.87. The molecule has 0 saturated carbocycles. The van der Waals surface area contributed by atoms with Crippen LogP contribution in [0.2, 0.25) is 5.02 Å². The summed E-state index contributed by atoms with van der Waals surface area (Å²) in [5, 5.41) is 13.6. The van der Waals surface area contributed by atoms with E-state index in [2.05, 4.69) is 34.9 Å². The molecule has 1 aromatic heterocycles. The number of hydrogen-bond donors (Lipinski definition) is 4. The summed E-state index contributed by atoms with van der Waals surface area (Å²) in [6.07, 6.45) is 0.397. The number of urea groups is 1. The van der Waals surface area contributed by atoms with E-state index < -0.39 is 18.2 Å². The molecule has 4 rings (SSSR count). The topological polar surface area (TPSA) is 136 Å². The number of amides is 2. The van der Waals surface area contributed by atoms with Gasteiger partial charge < -0.3 is 26.2 Å². The molecule has 0 atom stereocenters. The van der Waals surface area contributed by atoms with Gasteiger partial charge in [0.15, 0.2) is 0 Å². The number of ether oxygens (including phenoxy) is 1. The highest BCUT2D eigenvalue weighted by molar-refractivity contribution is 6.30. The zero-order valence-corrected chi connectivity index (χ0v) is 22.5. The van der Waals surface area contributed by atoms with Crippen LogP contribution in [0.3, 0.4) is 0 Å². The van der Waals surface area contributed by atoms with E-state index in [9.17, 15) is 22.8 Å². The van der Waals surface area contributed by atoms with Crippen molar-refractivity contribution in [2.24, 2.45) is 5.73 Å². The minimum Gasteiger partial charge on any atom is -0.489 e. The third-order valence-electron chi connectivity index (χ3n) is 5.87. The van der Waals surface area contributed by atoms with Crippen LogP contribution in [-0.2, 0) is 24.4 Å². The van der Waals surface area contributed by atoms with Crippen molar-refractivity contribution in [1.82, 2.24) is 15.2 Å². The van der Waals surface area contributed by atoms with Crippen LogP contribution in [-0.4, -0.2) is 40.9 Å². The Morgan fingerprint density at radius 3 is 2.34 bits per heavy atom. The Morgan fingerprint density at radius 1 is 1.02 bits per heavy atom. The normalized spacial score (nSPS) is 12.3.